The second-order valence-corrected chi connectivity index (χ2v) is 9.20. The van der Waals surface area contributed by atoms with Gasteiger partial charge in [-0.2, -0.15) is 4.39 Å². The van der Waals surface area contributed by atoms with Crippen LogP contribution in [0, 0.1) is 0 Å². The lowest BCUT2D eigenvalue weighted by Gasteiger charge is -2.22. The van der Waals surface area contributed by atoms with Crippen LogP contribution in [0.25, 0.3) is 0 Å². The van der Waals surface area contributed by atoms with Crippen molar-refractivity contribution in [2.45, 2.75) is 52.8 Å². The van der Waals surface area contributed by atoms with Gasteiger partial charge in [-0.3, -0.25) is 0 Å². The molecule has 17 heavy (non-hydrogen) atoms. The third-order valence-electron chi connectivity index (χ3n) is 1.89. The Kier molecular flexibility index (Phi) is 7.11. The molecule has 0 aromatic carbocycles. The van der Waals surface area contributed by atoms with Crippen LogP contribution in [0.15, 0.2) is 11.6 Å². The van der Waals surface area contributed by atoms with Crippen LogP contribution in [-0.2, 0) is 14.0 Å². The zero-order valence-corrected chi connectivity index (χ0v) is 12.4. The zero-order chi connectivity index (χ0) is 13.5. The number of halogens is 1. The van der Waals surface area contributed by atoms with E-state index < -0.39 is 20.1 Å². The first-order chi connectivity index (χ1) is 7.81. The Balaban J connectivity index is 4.85. The molecule has 0 bridgehead atoms. The quantitative estimate of drug-likeness (QED) is 0.303. The molecule has 0 fully saturated rings. The standard InChI is InChI=1S/C12H23FO3Si/c1-6-8-9-10(16-17(3,4)5)11(13)12(14)15-7-2/h6-9H2,1-5H3/b11-10+. The molecular weight excluding hydrogens is 239 g/mol. The fourth-order valence-corrected chi connectivity index (χ4v) is 2.15. The van der Waals surface area contributed by atoms with Crippen LogP contribution in [0.4, 0.5) is 4.39 Å². The van der Waals surface area contributed by atoms with Crippen LogP contribution in [0.5, 0.6) is 0 Å². The Morgan fingerprint density at radius 3 is 2.24 bits per heavy atom. The van der Waals surface area contributed by atoms with Gasteiger partial charge in [0.1, 0.15) is 5.76 Å². The van der Waals surface area contributed by atoms with Gasteiger partial charge in [-0.25, -0.2) is 4.79 Å². The topological polar surface area (TPSA) is 35.5 Å². The average molecular weight is 262 g/mol. The molecular formula is C12H23FO3Si. The monoisotopic (exact) mass is 262 g/mol. The van der Waals surface area contributed by atoms with E-state index in [9.17, 15) is 9.18 Å². The van der Waals surface area contributed by atoms with Crippen LogP contribution < -0.4 is 0 Å². The molecule has 0 aromatic rings. The summed E-state index contributed by atoms with van der Waals surface area (Å²) in [7, 11) is -1.91. The van der Waals surface area contributed by atoms with Crippen molar-refractivity contribution in [3.63, 3.8) is 0 Å². The minimum absolute atomic E-state index is 0.157. The minimum atomic E-state index is -1.91. The molecule has 3 nitrogen and oxygen atoms in total. The number of esters is 1. The first-order valence-corrected chi connectivity index (χ1v) is 9.47. The molecule has 0 saturated heterocycles. The second-order valence-electron chi connectivity index (χ2n) is 4.78. The fraction of sp³-hybridized carbons (Fsp3) is 0.750. The van der Waals surface area contributed by atoms with E-state index in [0.717, 1.165) is 12.8 Å². The summed E-state index contributed by atoms with van der Waals surface area (Å²) < 4.78 is 24.1. The van der Waals surface area contributed by atoms with Crippen LogP contribution in [0.2, 0.25) is 19.6 Å². The number of hydrogen-bond acceptors (Lipinski definition) is 3. The van der Waals surface area contributed by atoms with Crippen molar-refractivity contribution in [1.29, 1.82) is 0 Å². The van der Waals surface area contributed by atoms with Crippen molar-refractivity contribution in [3.05, 3.63) is 11.6 Å². The zero-order valence-electron chi connectivity index (χ0n) is 11.4. The van der Waals surface area contributed by atoms with Crippen molar-refractivity contribution in [2.24, 2.45) is 0 Å². The molecule has 0 aliphatic rings. The number of hydrogen-bond donors (Lipinski definition) is 0. The van der Waals surface area contributed by atoms with E-state index in [-0.39, 0.29) is 12.4 Å². The third kappa shape index (κ3) is 7.15. The summed E-state index contributed by atoms with van der Waals surface area (Å²) >= 11 is 0. The molecule has 0 aliphatic heterocycles. The Morgan fingerprint density at radius 1 is 1.24 bits per heavy atom. The summed E-state index contributed by atoms with van der Waals surface area (Å²) in [6.07, 6.45) is 2.17. The van der Waals surface area contributed by atoms with E-state index in [2.05, 4.69) is 4.74 Å². The Hall–Kier alpha value is -0.843. The maximum absolute atomic E-state index is 13.8. The van der Waals surface area contributed by atoms with Gasteiger partial charge in [-0.05, 0) is 33.0 Å². The lowest BCUT2D eigenvalue weighted by molar-refractivity contribution is -0.140. The molecule has 100 valence electrons. The van der Waals surface area contributed by atoms with E-state index >= 15 is 0 Å². The number of rotatable bonds is 7. The van der Waals surface area contributed by atoms with Crippen LogP contribution in [-0.4, -0.2) is 20.9 Å². The Morgan fingerprint density at radius 2 is 1.82 bits per heavy atom. The third-order valence-corrected chi connectivity index (χ3v) is 2.75. The van der Waals surface area contributed by atoms with Gasteiger partial charge in [-0.15, -0.1) is 0 Å². The van der Waals surface area contributed by atoms with Crippen LogP contribution >= 0.6 is 0 Å². The molecule has 0 spiro atoms. The SMILES string of the molecule is CCCC/C(O[Si](C)(C)C)=C(\F)C(=O)OCC. The van der Waals surface area contributed by atoms with E-state index in [1.54, 1.807) is 6.92 Å². The highest BCUT2D eigenvalue weighted by Crippen LogP contribution is 2.21. The molecule has 0 aliphatic carbocycles. The van der Waals surface area contributed by atoms with Gasteiger partial charge in [-0.1, -0.05) is 13.3 Å². The summed E-state index contributed by atoms with van der Waals surface area (Å²) in [5.41, 5.74) is 0. The lowest BCUT2D eigenvalue weighted by atomic mass is 10.2. The van der Waals surface area contributed by atoms with E-state index in [4.69, 9.17) is 4.43 Å². The van der Waals surface area contributed by atoms with Crippen molar-refractivity contribution >= 4 is 14.3 Å². The summed E-state index contributed by atoms with van der Waals surface area (Å²) in [5.74, 6) is -1.64. The van der Waals surface area contributed by atoms with Gasteiger partial charge in [0.05, 0.1) is 6.61 Å². The summed E-state index contributed by atoms with van der Waals surface area (Å²) in [6.45, 7) is 9.69. The molecule has 0 N–H and O–H groups in total. The molecule has 0 radical (unpaired) electrons. The molecule has 0 saturated carbocycles. The maximum atomic E-state index is 13.8. The predicted octanol–water partition coefficient (Wildman–Crippen LogP) is 3.77. The molecule has 0 amide bonds. The highest BCUT2D eigenvalue weighted by atomic mass is 28.4. The van der Waals surface area contributed by atoms with Gasteiger partial charge >= 0.3 is 5.97 Å². The van der Waals surface area contributed by atoms with E-state index in [1.807, 2.05) is 26.6 Å². The number of allylic oxidation sites excluding steroid dienone is 1. The van der Waals surface area contributed by atoms with Crippen molar-refractivity contribution in [2.75, 3.05) is 6.61 Å². The van der Waals surface area contributed by atoms with Crippen molar-refractivity contribution in [3.8, 4) is 0 Å². The van der Waals surface area contributed by atoms with Crippen molar-refractivity contribution < 1.29 is 18.3 Å². The number of carbonyl (C=O) groups is 1. The Bertz CT molecular complexity index is 282. The first-order valence-electron chi connectivity index (χ1n) is 6.06. The smallest absolute Gasteiger partial charge is 0.370 e. The molecule has 0 rings (SSSR count). The Labute approximate surface area is 104 Å². The number of ether oxygens (including phenoxy) is 1. The molecule has 0 heterocycles. The number of carbonyl (C=O) groups excluding carboxylic acids is 1. The first kappa shape index (κ1) is 16.2. The number of unbranched alkanes of at least 4 members (excludes halogenated alkanes) is 1. The van der Waals surface area contributed by atoms with Gasteiger partial charge in [0, 0.05) is 6.42 Å². The van der Waals surface area contributed by atoms with Gasteiger partial charge in [0.15, 0.2) is 0 Å². The molecule has 0 unspecified atom stereocenters. The highest BCUT2D eigenvalue weighted by Gasteiger charge is 2.24. The van der Waals surface area contributed by atoms with E-state index in [1.165, 1.54) is 0 Å². The molecule has 0 aromatic heterocycles. The molecule has 0 atom stereocenters. The van der Waals surface area contributed by atoms with E-state index in [0.29, 0.717) is 6.42 Å². The molecule has 5 heteroatoms. The predicted molar refractivity (Wildman–Crippen MR) is 68.7 cm³/mol. The van der Waals surface area contributed by atoms with Gasteiger partial charge < -0.3 is 9.16 Å². The van der Waals surface area contributed by atoms with Crippen LogP contribution in [0.3, 0.4) is 0 Å². The minimum Gasteiger partial charge on any atom is -0.545 e. The average Bonchev–Trinajstić information content (AvgIpc) is 2.22. The summed E-state index contributed by atoms with van der Waals surface area (Å²) in [6, 6.07) is 0. The summed E-state index contributed by atoms with van der Waals surface area (Å²) in [4.78, 5) is 11.3. The normalized spacial score (nSPS) is 13.1. The van der Waals surface area contributed by atoms with Gasteiger partial charge in [0.2, 0.25) is 14.1 Å². The van der Waals surface area contributed by atoms with Gasteiger partial charge in [0.25, 0.3) is 0 Å². The second kappa shape index (κ2) is 7.48. The van der Waals surface area contributed by atoms with Crippen molar-refractivity contribution in [1.82, 2.24) is 0 Å². The maximum Gasteiger partial charge on any atom is 0.370 e. The summed E-state index contributed by atoms with van der Waals surface area (Å²) in [5, 5.41) is 0. The fourth-order valence-electron chi connectivity index (χ4n) is 1.22. The largest absolute Gasteiger partial charge is 0.545 e. The lowest BCUT2D eigenvalue weighted by Crippen LogP contribution is -2.26. The van der Waals surface area contributed by atoms with Crippen LogP contribution in [0.1, 0.15) is 33.1 Å². The highest BCUT2D eigenvalue weighted by molar-refractivity contribution is 6.70.